The van der Waals surface area contributed by atoms with Crippen molar-refractivity contribution in [3.05, 3.63) is 17.8 Å². The second kappa shape index (κ2) is 7.92. The van der Waals surface area contributed by atoms with Gasteiger partial charge >= 0.3 is 0 Å². The van der Waals surface area contributed by atoms with E-state index < -0.39 is 0 Å². The third-order valence-electron chi connectivity index (χ3n) is 6.02. The summed E-state index contributed by atoms with van der Waals surface area (Å²) in [5.41, 5.74) is 1.25. The van der Waals surface area contributed by atoms with E-state index in [2.05, 4.69) is 29.0 Å². The van der Waals surface area contributed by atoms with Crippen molar-refractivity contribution in [2.75, 3.05) is 25.0 Å². The zero-order valence-electron chi connectivity index (χ0n) is 15.9. The molecule has 0 amide bonds. The Labute approximate surface area is 151 Å². The molecule has 0 aromatic carbocycles. The van der Waals surface area contributed by atoms with E-state index in [1.165, 1.54) is 25.7 Å². The summed E-state index contributed by atoms with van der Waals surface area (Å²) in [6, 6.07) is 3.94. The third kappa shape index (κ3) is 4.45. The topological polar surface area (TPSA) is 57.6 Å². The lowest BCUT2D eigenvalue weighted by Crippen LogP contribution is -2.53. The average molecular weight is 348 g/mol. The van der Waals surface area contributed by atoms with Crippen molar-refractivity contribution < 1.29 is 9.84 Å². The van der Waals surface area contributed by atoms with Crippen molar-refractivity contribution in [2.45, 2.75) is 77.0 Å². The van der Waals surface area contributed by atoms with Crippen molar-refractivity contribution in [3.8, 4) is 5.75 Å². The highest BCUT2D eigenvalue weighted by Crippen LogP contribution is 2.36. The predicted octanol–water partition coefficient (Wildman–Crippen LogP) is 3.71. The van der Waals surface area contributed by atoms with Gasteiger partial charge in [0.05, 0.1) is 6.10 Å². The quantitative estimate of drug-likeness (QED) is 0.850. The van der Waals surface area contributed by atoms with Crippen molar-refractivity contribution in [1.82, 2.24) is 9.88 Å². The van der Waals surface area contributed by atoms with Crippen LogP contribution in [0, 0.1) is 6.92 Å². The van der Waals surface area contributed by atoms with E-state index in [4.69, 9.17) is 4.74 Å². The summed E-state index contributed by atoms with van der Waals surface area (Å²) in [7, 11) is 0. The average Bonchev–Trinajstić information content (AvgIpc) is 2.61. The molecule has 1 saturated heterocycles. The van der Waals surface area contributed by atoms with Gasteiger partial charge in [0.2, 0.25) is 0 Å². The van der Waals surface area contributed by atoms with E-state index in [0.717, 1.165) is 38.2 Å². The first-order valence-electron chi connectivity index (χ1n) is 9.80. The Balaban J connectivity index is 1.51. The largest absolute Gasteiger partial charge is 0.504 e. The molecule has 2 heterocycles. The molecular formula is C20H33N3O2. The van der Waals surface area contributed by atoms with E-state index in [0.29, 0.717) is 23.5 Å². The number of aromatic nitrogens is 1. The molecule has 2 fully saturated rings. The van der Waals surface area contributed by atoms with Gasteiger partial charge in [-0.05, 0) is 71.4 Å². The van der Waals surface area contributed by atoms with Gasteiger partial charge in [0.25, 0.3) is 0 Å². The number of nitrogens with one attached hydrogen (secondary N) is 1. The van der Waals surface area contributed by atoms with Gasteiger partial charge in [-0.25, -0.2) is 4.98 Å². The number of aromatic hydroxyl groups is 1. The van der Waals surface area contributed by atoms with Crippen LogP contribution < -0.4 is 5.32 Å². The van der Waals surface area contributed by atoms with Gasteiger partial charge in [-0.2, -0.15) is 0 Å². The minimum absolute atomic E-state index is 0.245. The van der Waals surface area contributed by atoms with Gasteiger partial charge in [-0.1, -0.05) is 0 Å². The van der Waals surface area contributed by atoms with Crippen LogP contribution in [-0.2, 0) is 4.74 Å². The lowest BCUT2D eigenvalue weighted by Gasteiger charge is -2.48. The molecule has 2 aliphatic rings. The SMILES string of the molecule is CCOC1CCC(C)(N2CCC(Nc3nc(C)ccc3O)CC2)CC1. The zero-order chi connectivity index (χ0) is 17.9. The molecule has 25 heavy (non-hydrogen) atoms. The molecule has 0 atom stereocenters. The maximum Gasteiger partial charge on any atom is 0.168 e. The normalized spacial score (nSPS) is 28.8. The Morgan fingerprint density at radius 3 is 2.56 bits per heavy atom. The highest BCUT2D eigenvalue weighted by molar-refractivity contribution is 5.50. The summed E-state index contributed by atoms with van der Waals surface area (Å²) in [4.78, 5) is 7.10. The summed E-state index contributed by atoms with van der Waals surface area (Å²) >= 11 is 0. The number of aryl methyl sites for hydroxylation is 1. The molecule has 140 valence electrons. The Bertz CT molecular complexity index is 562. The fourth-order valence-corrected chi connectivity index (χ4v) is 4.34. The molecule has 1 aliphatic carbocycles. The lowest BCUT2D eigenvalue weighted by atomic mass is 9.79. The fourth-order valence-electron chi connectivity index (χ4n) is 4.34. The molecule has 5 nitrogen and oxygen atoms in total. The summed E-state index contributed by atoms with van der Waals surface area (Å²) in [6.45, 7) is 9.52. The highest BCUT2D eigenvalue weighted by Gasteiger charge is 2.38. The lowest BCUT2D eigenvalue weighted by molar-refractivity contribution is -0.0242. The molecule has 1 aromatic rings. The van der Waals surface area contributed by atoms with E-state index >= 15 is 0 Å². The monoisotopic (exact) mass is 347 g/mol. The number of ether oxygens (including phenoxy) is 1. The number of likely N-dealkylation sites (tertiary alicyclic amines) is 1. The highest BCUT2D eigenvalue weighted by atomic mass is 16.5. The summed E-state index contributed by atoms with van der Waals surface area (Å²) in [5, 5.41) is 13.4. The van der Waals surface area contributed by atoms with E-state index in [9.17, 15) is 5.11 Å². The van der Waals surface area contributed by atoms with Crippen LogP contribution in [0.2, 0.25) is 0 Å². The van der Waals surface area contributed by atoms with E-state index in [1.54, 1.807) is 6.07 Å². The molecule has 0 spiro atoms. The number of nitrogens with zero attached hydrogens (tertiary/aromatic N) is 2. The fraction of sp³-hybridized carbons (Fsp3) is 0.750. The minimum atomic E-state index is 0.245. The third-order valence-corrected chi connectivity index (χ3v) is 6.02. The van der Waals surface area contributed by atoms with Crippen molar-refractivity contribution >= 4 is 5.82 Å². The first-order chi connectivity index (χ1) is 12.0. The second-order valence-corrected chi connectivity index (χ2v) is 7.88. The Hall–Kier alpha value is -1.33. The summed E-state index contributed by atoms with van der Waals surface area (Å²) in [5.74, 6) is 0.871. The van der Waals surface area contributed by atoms with Crippen molar-refractivity contribution in [1.29, 1.82) is 0 Å². The zero-order valence-corrected chi connectivity index (χ0v) is 15.9. The summed E-state index contributed by atoms with van der Waals surface area (Å²) < 4.78 is 5.81. The molecule has 0 bridgehead atoms. The van der Waals surface area contributed by atoms with Crippen molar-refractivity contribution in [3.63, 3.8) is 0 Å². The van der Waals surface area contributed by atoms with Crippen molar-refractivity contribution in [2.24, 2.45) is 0 Å². The molecule has 5 heteroatoms. The summed E-state index contributed by atoms with van der Waals surface area (Å²) in [6.07, 6.45) is 7.49. The van der Waals surface area contributed by atoms with E-state index in [-0.39, 0.29) is 5.75 Å². The Kier molecular flexibility index (Phi) is 5.85. The van der Waals surface area contributed by atoms with Crippen LogP contribution in [0.5, 0.6) is 5.75 Å². The molecule has 0 unspecified atom stereocenters. The van der Waals surface area contributed by atoms with Crippen LogP contribution in [0.1, 0.15) is 58.1 Å². The number of pyridine rings is 1. The van der Waals surface area contributed by atoms with Gasteiger partial charge in [-0.15, -0.1) is 0 Å². The molecule has 1 aliphatic heterocycles. The molecule has 1 saturated carbocycles. The Morgan fingerprint density at radius 2 is 1.92 bits per heavy atom. The number of piperidine rings is 1. The van der Waals surface area contributed by atoms with Gasteiger partial charge in [0.1, 0.15) is 0 Å². The van der Waals surface area contributed by atoms with Crippen LogP contribution in [0.15, 0.2) is 12.1 Å². The first-order valence-corrected chi connectivity index (χ1v) is 9.80. The predicted molar refractivity (Wildman–Crippen MR) is 101 cm³/mol. The number of hydrogen-bond donors (Lipinski definition) is 2. The molecule has 2 N–H and O–H groups in total. The van der Waals surface area contributed by atoms with Crippen LogP contribution >= 0.6 is 0 Å². The maximum absolute atomic E-state index is 9.98. The molecular weight excluding hydrogens is 314 g/mol. The minimum Gasteiger partial charge on any atom is -0.504 e. The van der Waals surface area contributed by atoms with E-state index in [1.807, 2.05) is 13.0 Å². The van der Waals surface area contributed by atoms with Crippen LogP contribution in [0.3, 0.4) is 0 Å². The Morgan fingerprint density at radius 1 is 1.24 bits per heavy atom. The van der Waals surface area contributed by atoms with Gasteiger partial charge in [-0.3, -0.25) is 4.90 Å². The van der Waals surface area contributed by atoms with Crippen LogP contribution in [0.25, 0.3) is 0 Å². The number of hydrogen-bond acceptors (Lipinski definition) is 5. The smallest absolute Gasteiger partial charge is 0.168 e. The van der Waals surface area contributed by atoms with Crippen LogP contribution in [0.4, 0.5) is 5.82 Å². The van der Waals surface area contributed by atoms with Crippen LogP contribution in [-0.4, -0.2) is 52.4 Å². The standard InChI is InChI=1S/C20H33N3O2/c1-4-25-17-7-11-20(3,12-8-17)23-13-9-16(10-14-23)22-19-18(24)6-5-15(2)21-19/h5-6,16-17,24H,4,7-14H2,1-3H3,(H,21,22). The number of rotatable bonds is 5. The van der Waals surface area contributed by atoms with Gasteiger partial charge < -0.3 is 15.2 Å². The first kappa shape index (κ1) is 18.5. The number of anilines is 1. The molecule has 1 aromatic heterocycles. The second-order valence-electron chi connectivity index (χ2n) is 7.88. The molecule has 3 rings (SSSR count). The molecule has 0 radical (unpaired) electrons. The maximum atomic E-state index is 9.98. The van der Waals surface area contributed by atoms with Gasteiger partial charge in [0, 0.05) is 37.0 Å². The van der Waals surface area contributed by atoms with Gasteiger partial charge in [0.15, 0.2) is 11.6 Å².